The van der Waals surface area contributed by atoms with Gasteiger partial charge in [0.15, 0.2) is 9.84 Å². The van der Waals surface area contributed by atoms with Crippen molar-refractivity contribution in [2.75, 3.05) is 33.9 Å². The lowest BCUT2D eigenvalue weighted by molar-refractivity contribution is 0.248. The first kappa shape index (κ1) is 18.6. The minimum Gasteiger partial charge on any atom is -0.398 e. The molecule has 0 aromatic rings. The molecule has 0 saturated carbocycles. The van der Waals surface area contributed by atoms with Crippen LogP contribution in [0.5, 0.6) is 0 Å². The maximum Gasteiger partial charge on any atom is 0.334 e. The number of nitrogens with two attached hydrogens (primary N) is 3. The zero-order valence-electron chi connectivity index (χ0n) is 10.8. The molecule has 100 valence electrons. The average molecular weight is 269 g/mol. The van der Waals surface area contributed by atoms with Crippen molar-refractivity contribution in [1.29, 1.82) is 0 Å². The summed E-state index contributed by atoms with van der Waals surface area (Å²) in [5.41, 5.74) is 5.35. The van der Waals surface area contributed by atoms with E-state index >= 15 is 0 Å². The first-order valence-corrected chi connectivity index (χ1v) is 9.67. The van der Waals surface area contributed by atoms with Crippen LogP contribution in [0.15, 0.2) is 0 Å². The minimum absolute atomic E-state index is 0.583. The van der Waals surface area contributed by atoms with Gasteiger partial charge in [-0.15, -0.1) is 0 Å². The Morgan fingerprint density at radius 1 is 1.19 bits per heavy atom. The van der Waals surface area contributed by atoms with E-state index in [0.717, 1.165) is 25.6 Å². The van der Waals surface area contributed by atoms with Gasteiger partial charge in [0.1, 0.15) is 0 Å². The molecule has 0 aliphatic carbocycles. The Morgan fingerprint density at radius 2 is 1.69 bits per heavy atom. The molecule has 7 N–H and O–H groups in total. The average Bonchev–Trinajstić information content (AvgIpc) is 2.29. The highest BCUT2D eigenvalue weighted by Crippen LogP contribution is 2.12. The number of nitrogens with one attached hydrogen (secondary N) is 1. The highest BCUT2D eigenvalue weighted by molar-refractivity contribution is 6.65. The maximum absolute atomic E-state index is 5.36. The first-order chi connectivity index (χ1) is 7.60. The molecular formula is C8H28N4O2Si2. The quantitative estimate of drug-likeness (QED) is 0.305. The second-order valence-corrected chi connectivity index (χ2v) is 7.48. The summed E-state index contributed by atoms with van der Waals surface area (Å²) < 4.78 is 10.7. The van der Waals surface area contributed by atoms with Crippen LogP contribution in [0.4, 0.5) is 0 Å². The van der Waals surface area contributed by atoms with Crippen molar-refractivity contribution in [3.63, 3.8) is 0 Å². The highest BCUT2D eigenvalue weighted by Gasteiger charge is 2.27. The summed E-state index contributed by atoms with van der Waals surface area (Å²) in [4.78, 5) is 0. The van der Waals surface area contributed by atoms with Crippen molar-refractivity contribution in [3.05, 3.63) is 0 Å². The van der Waals surface area contributed by atoms with Gasteiger partial charge in [0, 0.05) is 27.3 Å². The van der Waals surface area contributed by atoms with Crippen molar-refractivity contribution >= 4 is 18.4 Å². The van der Waals surface area contributed by atoms with Crippen LogP contribution in [-0.4, -0.2) is 52.3 Å². The molecule has 0 aliphatic rings. The lowest BCUT2D eigenvalue weighted by Crippen LogP contribution is -2.37. The van der Waals surface area contributed by atoms with Crippen molar-refractivity contribution in [2.45, 2.75) is 19.0 Å². The van der Waals surface area contributed by atoms with Crippen LogP contribution in [-0.2, 0) is 8.85 Å². The van der Waals surface area contributed by atoms with E-state index in [-0.39, 0.29) is 0 Å². The molecule has 0 amide bonds. The van der Waals surface area contributed by atoms with E-state index in [0.29, 0.717) is 6.54 Å². The molecule has 16 heavy (non-hydrogen) atoms. The Bertz CT molecular complexity index is 139. The van der Waals surface area contributed by atoms with Gasteiger partial charge >= 0.3 is 8.56 Å². The molecule has 0 saturated heterocycles. The SMILES string of the molecule is CO[Si](C)(CCCNCCN)OC.N[SiH2]N. The summed E-state index contributed by atoms with van der Waals surface area (Å²) in [5.74, 6) is 0. The Hall–Kier alpha value is 0.194. The molecule has 0 aromatic heterocycles. The third-order valence-corrected chi connectivity index (χ3v) is 5.16. The topological polar surface area (TPSA) is 109 Å². The van der Waals surface area contributed by atoms with Gasteiger partial charge in [-0.05, 0) is 25.6 Å². The van der Waals surface area contributed by atoms with Crippen molar-refractivity contribution in [2.24, 2.45) is 16.5 Å². The summed E-state index contributed by atoms with van der Waals surface area (Å²) in [7, 11) is 1.04. The van der Waals surface area contributed by atoms with Gasteiger partial charge in [0.2, 0.25) is 0 Å². The fourth-order valence-electron chi connectivity index (χ4n) is 1.05. The van der Waals surface area contributed by atoms with E-state index in [9.17, 15) is 0 Å². The normalized spacial score (nSPS) is 10.9. The van der Waals surface area contributed by atoms with Gasteiger partial charge in [-0.3, -0.25) is 0 Å². The van der Waals surface area contributed by atoms with E-state index in [4.69, 9.17) is 25.4 Å². The van der Waals surface area contributed by atoms with Crippen LogP contribution >= 0.6 is 0 Å². The largest absolute Gasteiger partial charge is 0.398 e. The smallest absolute Gasteiger partial charge is 0.334 e. The fraction of sp³-hybridized carbons (Fsp3) is 1.00. The predicted octanol–water partition coefficient (Wildman–Crippen LogP) is -1.81. The molecule has 0 aromatic carbocycles. The van der Waals surface area contributed by atoms with E-state index in [1.165, 1.54) is 0 Å². The summed E-state index contributed by atoms with van der Waals surface area (Å²) in [5, 5.41) is 12.8. The van der Waals surface area contributed by atoms with Gasteiger partial charge in [0.25, 0.3) is 0 Å². The molecule has 0 rings (SSSR count). The number of hydrogen-bond donors (Lipinski definition) is 4. The second-order valence-electron chi connectivity index (χ2n) is 3.42. The summed E-state index contributed by atoms with van der Waals surface area (Å²) >= 11 is 0. The molecule has 0 spiro atoms. The molecule has 8 heteroatoms. The Kier molecular flexibility index (Phi) is 15.4. The molecule has 0 radical (unpaired) electrons. The van der Waals surface area contributed by atoms with E-state index in [2.05, 4.69) is 11.9 Å². The zero-order chi connectivity index (χ0) is 12.9. The minimum atomic E-state index is -1.83. The van der Waals surface area contributed by atoms with E-state index < -0.39 is 18.4 Å². The summed E-state index contributed by atoms with van der Waals surface area (Å²) in [6, 6.07) is 1.03. The molecule has 0 atom stereocenters. The van der Waals surface area contributed by atoms with E-state index in [1.807, 2.05) is 0 Å². The van der Waals surface area contributed by atoms with Crippen LogP contribution in [0.25, 0.3) is 0 Å². The third-order valence-electron chi connectivity index (χ3n) is 2.17. The molecule has 6 nitrogen and oxygen atoms in total. The van der Waals surface area contributed by atoms with Gasteiger partial charge in [0.05, 0.1) is 0 Å². The molecule has 0 unspecified atom stereocenters. The van der Waals surface area contributed by atoms with Crippen LogP contribution in [0.2, 0.25) is 12.6 Å². The number of hydrogen-bond acceptors (Lipinski definition) is 6. The zero-order valence-corrected chi connectivity index (χ0v) is 13.2. The monoisotopic (exact) mass is 268 g/mol. The fourth-order valence-corrected chi connectivity index (χ4v) is 2.44. The molecule has 0 bridgehead atoms. The van der Waals surface area contributed by atoms with Gasteiger partial charge < -0.3 is 30.7 Å². The van der Waals surface area contributed by atoms with Crippen LogP contribution in [0, 0.1) is 0 Å². The Balaban J connectivity index is 0. The van der Waals surface area contributed by atoms with Crippen molar-refractivity contribution < 1.29 is 8.85 Å². The van der Waals surface area contributed by atoms with Crippen molar-refractivity contribution in [3.8, 4) is 0 Å². The maximum atomic E-state index is 5.36. The summed E-state index contributed by atoms with van der Waals surface area (Å²) in [6.45, 7) is 4.66. The molecule has 0 fully saturated rings. The van der Waals surface area contributed by atoms with Crippen LogP contribution in [0.3, 0.4) is 0 Å². The first-order valence-electron chi connectivity index (χ1n) is 5.51. The molecule has 0 aliphatic heterocycles. The van der Waals surface area contributed by atoms with Gasteiger partial charge in [-0.1, -0.05) is 0 Å². The number of rotatable bonds is 8. The highest BCUT2D eigenvalue weighted by atomic mass is 28.4. The van der Waals surface area contributed by atoms with Crippen LogP contribution in [0.1, 0.15) is 6.42 Å². The van der Waals surface area contributed by atoms with Crippen LogP contribution < -0.4 is 21.8 Å². The lowest BCUT2D eigenvalue weighted by Gasteiger charge is -2.22. The Labute approximate surface area is 102 Å². The van der Waals surface area contributed by atoms with Crippen molar-refractivity contribution in [1.82, 2.24) is 5.32 Å². The predicted molar refractivity (Wildman–Crippen MR) is 73.9 cm³/mol. The second kappa shape index (κ2) is 13.3. The summed E-state index contributed by atoms with van der Waals surface area (Å²) in [6.07, 6.45) is 1.09. The van der Waals surface area contributed by atoms with Gasteiger partial charge in [-0.25, -0.2) is 0 Å². The lowest BCUT2D eigenvalue weighted by atomic mass is 10.5. The third kappa shape index (κ3) is 12.3. The molecular weight excluding hydrogens is 240 g/mol. The standard InChI is InChI=1S/C8H22N2O2Si.H6N2Si/c1-11-13(3,12-2)8-4-6-10-7-5-9;1-3-2/h10H,4-9H2,1-3H3;1-3H2. The molecule has 0 heterocycles. The Morgan fingerprint density at radius 3 is 2.06 bits per heavy atom. The van der Waals surface area contributed by atoms with Gasteiger partial charge in [-0.2, -0.15) is 0 Å². The van der Waals surface area contributed by atoms with E-state index in [1.54, 1.807) is 14.2 Å².